The number of urea groups is 1. The zero-order chi connectivity index (χ0) is 24.9. The van der Waals surface area contributed by atoms with Gasteiger partial charge in [0.15, 0.2) is 11.5 Å². The minimum atomic E-state index is -4.47. The molecule has 3 saturated carbocycles. The zero-order valence-electron chi connectivity index (χ0n) is 19.8. The number of likely N-dealkylation sites (tertiary alicyclic amines) is 2. The number of amides is 2. The van der Waals surface area contributed by atoms with Crippen LogP contribution in [-0.4, -0.2) is 71.8 Å². The van der Waals surface area contributed by atoms with E-state index in [-0.39, 0.29) is 16.9 Å². The number of nitrogens with zero attached hydrogens (tertiary/aromatic N) is 7. The fourth-order valence-electron chi connectivity index (χ4n) is 6.86. The van der Waals surface area contributed by atoms with Crippen LogP contribution in [0.15, 0.2) is 18.7 Å². The Hall–Kier alpha value is -2.76. The monoisotopic (exact) mass is 503 g/mol. The Balaban J connectivity index is 0.840. The predicted octanol–water partition coefficient (Wildman–Crippen LogP) is 2.78. The van der Waals surface area contributed by atoms with Crippen molar-refractivity contribution >= 4 is 6.03 Å². The van der Waals surface area contributed by atoms with E-state index in [1.165, 1.54) is 6.20 Å². The van der Waals surface area contributed by atoms with Crippen molar-refractivity contribution in [3.63, 3.8) is 0 Å². The van der Waals surface area contributed by atoms with Crippen LogP contribution in [0.25, 0.3) is 0 Å². The molecule has 7 rings (SSSR count). The average Bonchev–Trinajstić information content (AvgIpc) is 3.27. The van der Waals surface area contributed by atoms with Gasteiger partial charge in [0.1, 0.15) is 11.9 Å². The van der Waals surface area contributed by atoms with Gasteiger partial charge < -0.3 is 14.9 Å². The van der Waals surface area contributed by atoms with Crippen molar-refractivity contribution in [3.05, 3.63) is 35.9 Å². The first-order valence-electron chi connectivity index (χ1n) is 12.6. The molecule has 3 aliphatic carbocycles. The van der Waals surface area contributed by atoms with Crippen molar-refractivity contribution in [2.75, 3.05) is 26.2 Å². The number of aliphatic hydroxyl groups is 1. The summed E-state index contributed by atoms with van der Waals surface area (Å²) in [6.07, 6.45) is 5.29. The largest absolute Gasteiger partial charge is 0.434 e. The number of carbonyl (C=O) groups excluding carboxylic acids is 1. The molecule has 0 bridgehead atoms. The Kier molecular flexibility index (Phi) is 4.47. The Bertz CT molecular complexity index is 1180. The van der Waals surface area contributed by atoms with Crippen LogP contribution in [0.1, 0.15) is 61.8 Å². The lowest BCUT2D eigenvalue weighted by atomic mass is 9.56. The third-order valence-electron chi connectivity index (χ3n) is 8.94. The molecule has 192 valence electrons. The molecular formula is C24H28F3N7O2. The highest BCUT2D eigenvalue weighted by Gasteiger charge is 2.59. The summed E-state index contributed by atoms with van der Waals surface area (Å²) in [5.41, 5.74) is -0.825. The quantitative estimate of drug-likeness (QED) is 0.689. The van der Waals surface area contributed by atoms with E-state index in [4.69, 9.17) is 0 Å². The SMILES string of the molecule is O=C(N1CC2(CC(Cc3cnc(C(F)(F)F)cn3)C2)C1)N1CC2(CC(n3cnc(C4(O)CC4)n3)C2)C1. The molecule has 4 heterocycles. The Morgan fingerprint density at radius 1 is 0.972 bits per heavy atom. The molecule has 5 fully saturated rings. The first-order chi connectivity index (χ1) is 17.0. The summed E-state index contributed by atoms with van der Waals surface area (Å²) in [6, 6.07) is 0.408. The molecule has 0 aromatic carbocycles. The summed E-state index contributed by atoms with van der Waals surface area (Å²) in [7, 11) is 0. The number of carbonyl (C=O) groups is 1. The number of alkyl halides is 3. The van der Waals surface area contributed by atoms with Crippen molar-refractivity contribution < 1.29 is 23.1 Å². The van der Waals surface area contributed by atoms with Gasteiger partial charge in [-0.2, -0.15) is 18.3 Å². The van der Waals surface area contributed by atoms with Crippen LogP contribution in [0.3, 0.4) is 0 Å². The van der Waals surface area contributed by atoms with E-state index in [0.717, 1.165) is 70.9 Å². The number of hydrogen-bond acceptors (Lipinski definition) is 6. The Morgan fingerprint density at radius 2 is 1.61 bits per heavy atom. The summed E-state index contributed by atoms with van der Waals surface area (Å²) in [5, 5.41) is 14.7. The molecule has 2 amide bonds. The lowest BCUT2D eigenvalue weighted by Gasteiger charge is -2.63. The molecule has 36 heavy (non-hydrogen) atoms. The molecule has 2 aromatic heterocycles. The first kappa shape index (κ1) is 22.4. The van der Waals surface area contributed by atoms with Crippen LogP contribution in [0.4, 0.5) is 18.0 Å². The van der Waals surface area contributed by atoms with Crippen molar-refractivity contribution in [1.29, 1.82) is 0 Å². The summed E-state index contributed by atoms with van der Waals surface area (Å²) < 4.78 is 39.8. The molecule has 5 aliphatic rings. The van der Waals surface area contributed by atoms with E-state index >= 15 is 0 Å². The second-order valence-corrected chi connectivity index (χ2v) is 12.0. The third-order valence-corrected chi connectivity index (χ3v) is 8.94. The first-order valence-corrected chi connectivity index (χ1v) is 12.6. The molecule has 2 aromatic rings. The highest BCUT2D eigenvalue weighted by molar-refractivity contribution is 5.77. The van der Waals surface area contributed by atoms with Gasteiger partial charge in [0, 0.05) is 43.2 Å². The third kappa shape index (κ3) is 3.59. The van der Waals surface area contributed by atoms with Gasteiger partial charge in [-0.15, -0.1) is 0 Å². The van der Waals surface area contributed by atoms with E-state index in [2.05, 4.69) is 20.1 Å². The van der Waals surface area contributed by atoms with Crippen LogP contribution in [-0.2, 0) is 18.2 Å². The standard InChI is InChI=1S/C24H28F3N7O2/c25-24(26,27)18-9-28-16(8-29-18)3-15-4-21(5-15)10-32(11-21)20(35)33-12-22(13-33)6-17(7-22)34-14-30-19(31-34)23(36)1-2-23/h8-9,14-15,17,36H,1-7,10-13H2. The molecule has 0 atom stereocenters. The second kappa shape index (κ2) is 7.17. The van der Waals surface area contributed by atoms with Gasteiger partial charge in [0.2, 0.25) is 0 Å². The van der Waals surface area contributed by atoms with E-state index in [1.54, 1.807) is 6.33 Å². The maximum absolute atomic E-state index is 12.9. The van der Waals surface area contributed by atoms with Gasteiger partial charge in [0.25, 0.3) is 0 Å². The van der Waals surface area contributed by atoms with Crippen LogP contribution >= 0.6 is 0 Å². The van der Waals surface area contributed by atoms with Crippen LogP contribution < -0.4 is 0 Å². The van der Waals surface area contributed by atoms with Crippen LogP contribution in [0.2, 0.25) is 0 Å². The highest BCUT2D eigenvalue weighted by atomic mass is 19.4. The van der Waals surface area contributed by atoms with Crippen molar-refractivity contribution in [1.82, 2.24) is 34.5 Å². The van der Waals surface area contributed by atoms with Crippen molar-refractivity contribution in [2.24, 2.45) is 16.7 Å². The molecule has 2 aliphatic heterocycles. The predicted molar refractivity (Wildman–Crippen MR) is 118 cm³/mol. The molecule has 9 nitrogen and oxygen atoms in total. The number of aromatic nitrogens is 5. The number of halogens is 3. The molecule has 0 unspecified atom stereocenters. The van der Waals surface area contributed by atoms with Gasteiger partial charge in [-0.05, 0) is 50.9 Å². The highest BCUT2D eigenvalue weighted by Crippen LogP contribution is 2.56. The fourth-order valence-corrected chi connectivity index (χ4v) is 6.86. The number of hydrogen-bond donors (Lipinski definition) is 1. The van der Waals surface area contributed by atoms with Gasteiger partial charge in [-0.25, -0.2) is 19.4 Å². The lowest BCUT2D eigenvalue weighted by molar-refractivity contribution is -0.141. The fraction of sp³-hybridized carbons (Fsp3) is 0.708. The second-order valence-electron chi connectivity index (χ2n) is 12.0. The zero-order valence-corrected chi connectivity index (χ0v) is 19.8. The average molecular weight is 504 g/mol. The van der Waals surface area contributed by atoms with Gasteiger partial charge >= 0.3 is 12.2 Å². The maximum atomic E-state index is 12.9. The molecular weight excluding hydrogens is 475 g/mol. The topological polar surface area (TPSA) is 100 Å². The maximum Gasteiger partial charge on any atom is 0.434 e. The van der Waals surface area contributed by atoms with Gasteiger partial charge in [-0.1, -0.05) is 0 Å². The smallest absolute Gasteiger partial charge is 0.382 e. The summed E-state index contributed by atoms with van der Waals surface area (Å²) >= 11 is 0. The van der Waals surface area contributed by atoms with Gasteiger partial charge in [0.05, 0.1) is 17.9 Å². The molecule has 1 N–H and O–H groups in total. The van der Waals surface area contributed by atoms with E-state index in [9.17, 15) is 23.1 Å². The van der Waals surface area contributed by atoms with Gasteiger partial charge in [-0.3, -0.25) is 4.98 Å². The molecule has 0 radical (unpaired) electrons. The van der Waals surface area contributed by atoms with Crippen molar-refractivity contribution in [3.8, 4) is 0 Å². The van der Waals surface area contributed by atoms with E-state index in [1.807, 2.05) is 14.5 Å². The Labute approximate surface area is 205 Å². The normalized spacial score (nSPS) is 25.8. The summed E-state index contributed by atoms with van der Waals surface area (Å²) in [4.78, 5) is 28.5. The number of rotatable bonds is 4. The molecule has 12 heteroatoms. The Morgan fingerprint density at radius 3 is 2.17 bits per heavy atom. The minimum absolute atomic E-state index is 0.116. The van der Waals surface area contributed by atoms with E-state index < -0.39 is 17.5 Å². The lowest BCUT2D eigenvalue weighted by Crippen LogP contribution is -2.71. The van der Waals surface area contributed by atoms with E-state index in [0.29, 0.717) is 29.9 Å². The minimum Gasteiger partial charge on any atom is -0.382 e. The molecule has 2 saturated heterocycles. The molecule has 2 spiro atoms. The van der Waals surface area contributed by atoms with Crippen LogP contribution in [0, 0.1) is 16.7 Å². The summed E-state index contributed by atoms with van der Waals surface area (Å²) in [6.45, 7) is 3.09. The summed E-state index contributed by atoms with van der Waals surface area (Å²) in [5.74, 6) is 0.913. The van der Waals surface area contributed by atoms with Crippen LogP contribution in [0.5, 0.6) is 0 Å². The van der Waals surface area contributed by atoms with Crippen molar-refractivity contribution in [2.45, 2.75) is 62.8 Å².